The van der Waals surface area contributed by atoms with Crippen LogP contribution >= 0.6 is 0 Å². The molecule has 4 rings (SSSR count). The lowest BCUT2D eigenvalue weighted by Crippen LogP contribution is -2.40. The van der Waals surface area contributed by atoms with Gasteiger partial charge in [-0.2, -0.15) is 0 Å². The number of methoxy groups -OCH3 is 1. The molecule has 2 aromatic heterocycles. The van der Waals surface area contributed by atoms with E-state index in [0.717, 1.165) is 54.1 Å². The zero-order valence-corrected chi connectivity index (χ0v) is 16.5. The van der Waals surface area contributed by atoms with Gasteiger partial charge in [0.25, 0.3) is 0 Å². The summed E-state index contributed by atoms with van der Waals surface area (Å²) in [5.74, 6) is 1.23. The molecule has 1 saturated heterocycles. The molecule has 0 bridgehead atoms. The number of rotatable bonds is 5. The summed E-state index contributed by atoms with van der Waals surface area (Å²) in [6.07, 6.45) is 9.41. The monoisotopic (exact) mass is 388 g/mol. The molecule has 148 valence electrons. The Hall–Kier alpha value is -3.28. The fourth-order valence-electron chi connectivity index (χ4n) is 3.74. The average molecular weight is 388 g/mol. The van der Waals surface area contributed by atoms with Crippen molar-refractivity contribution in [1.29, 1.82) is 0 Å². The second-order valence-electron chi connectivity index (χ2n) is 7.30. The van der Waals surface area contributed by atoms with Crippen molar-refractivity contribution in [3.05, 3.63) is 72.6 Å². The molecule has 1 aromatic carbocycles. The molecule has 1 aliphatic heterocycles. The lowest BCUT2D eigenvalue weighted by molar-refractivity contribution is -0.131. The van der Waals surface area contributed by atoms with Crippen molar-refractivity contribution in [3.63, 3.8) is 0 Å². The van der Waals surface area contributed by atoms with Crippen molar-refractivity contribution in [3.8, 4) is 16.9 Å². The predicted molar refractivity (Wildman–Crippen MR) is 111 cm³/mol. The van der Waals surface area contributed by atoms with E-state index in [9.17, 15) is 4.79 Å². The quantitative estimate of drug-likeness (QED) is 0.669. The lowest BCUT2D eigenvalue weighted by atomic mass is 9.93. The van der Waals surface area contributed by atoms with Crippen molar-refractivity contribution in [1.82, 2.24) is 19.9 Å². The van der Waals surface area contributed by atoms with Crippen molar-refractivity contribution < 1.29 is 9.53 Å². The number of hydrogen-bond acceptors (Lipinski definition) is 5. The van der Waals surface area contributed by atoms with Gasteiger partial charge in [0.1, 0.15) is 12.1 Å². The minimum Gasteiger partial charge on any atom is -0.497 e. The molecule has 0 spiro atoms. The summed E-state index contributed by atoms with van der Waals surface area (Å²) in [7, 11) is 1.64. The molecule has 0 radical (unpaired) electrons. The topological polar surface area (TPSA) is 68.2 Å². The second kappa shape index (κ2) is 8.82. The third kappa shape index (κ3) is 4.59. The number of ether oxygens (including phenoxy) is 1. The third-order valence-corrected chi connectivity index (χ3v) is 5.39. The largest absolute Gasteiger partial charge is 0.497 e. The Kier molecular flexibility index (Phi) is 5.79. The molecule has 0 saturated carbocycles. The smallest absolute Gasteiger partial charge is 0.227 e. The van der Waals surface area contributed by atoms with Crippen LogP contribution in [0.2, 0.25) is 0 Å². The SMILES string of the molecule is COc1ccc(CC(=O)N2CCC[C@H](c3ccc(-c4cncnc4)cn3)C2)cc1. The highest BCUT2D eigenvalue weighted by atomic mass is 16.5. The Morgan fingerprint density at radius 1 is 1.07 bits per heavy atom. The van der Waals surface area contributed by atoms with Crippen LogP contribution in [0.5, 0.6) is 5.75 Å². The molecule has 0 unspecified atom stereocenters. The van der Waals surface area contributed by atoms with Crippen molar-refractivity contribution in [2.24, 2.45) is 0 Å². The summed E-state index contributed by atoms with van der Waals surface area (Å²) in [6.45, 7) is 1.53. The summed E-state index contributed by atoms with van der Waals surface area (Å²) in [6, 6.07) is 11.8. The van der Waals surface area contributed by atoms with E-state index in [1.165, 1.54) is 6.33 Å². The zero-order valence-electron chi connectivity index (χ0n) is 16.5. The molecule has 1 aliphatic rings. The van der Waals surface area contributed by atoms with Crippen LogP contribution in [-0.2, 0) is 11.2 Å². The van der Waals surface area contributed by atoms with Crippen LogP contribution in [0, 0.1) is 0 Å². The van der Waals surface area contributed by atoms with Crippen molar-refractivity contribution in [2.45, 2.75) is 25.2 Å². The minimum absolute atomic E-state index is 0.165. The van der Waals surface area contributed by atoms with Crippen LogP contribution in [-0.4, -0.2) is 46.0 Å². The molecule has 3 aromatic rings. The number of carbonyl (C=O) groups excluding carboxylic acids is 1. The van der Waals surface area contributed by atoms with Crippen LogP contribution in [0.1, 0.15) is 30.0 Å². The van der Waals surface area contributed by atoms with E-state index in [4.69, 9.17) is 4.74 Å². The van der Waals surface area contributed by atoms with Gasteiger partial charge >= 0.3 is 0 Å². The van der Waals surface area contributed by atoms with Crippen LogP contribution in [0.4, 0.5) is 0 Å². The lowest BCUT2D eigenvalue weighted by Gasteiger charge is -2.32. The van der Waals surface area contributed by atoms with Crippen LogP contribution < -0.4 is 4.74 Å². The fraction of sp³-hybridized carbons (Fsp3) is 0.304. The number of benzene rings is 1. The van der Waals surface area contributed by atoms with Crippen LogP contribution in [0.25, 0.3) is 11.1 Å². The van der Waals surface area contributed by atoms with Gasteiger partial charge in [0.15, 0.2) is 0 Å². The maximum Gasteiger partial charge on any atom is 0.227 e. The van der Waals surface area contributed by atoms with Crippen LogP contribution in [0.15, 0.2) is 61.3 Å². The van der Waals surface area contributed by atoms with Gasteiger partial charge in [0.05, 0.1) is 13.5 Å². The zero-order chi connectivity index (χ0) is 20.1. The first-order valence-corrected chi connectivity index (χ1v) is 9.85. The van der Waals surface area contributed by atoms with Gasteiger partial charge in [-0.1, -0.05) is 18.2 Å². The minimum atomic E-state index is 0.165. The van der Waals surface area contributed by atoms with Gasteiger partial charge in [0, 0.05) is 54.4 Å². The Morgan fingerprint density at radius 2 is 1.86 bits per heavy atom. The molecule has 1 atom stereocenters. The van der Waals surface area contributed by atoms with Gasteiger partial charge in [-0.3, -0.25) is 9.78 Å². The van der Waals surface area contributed by atoms with E-state index in [0.29, 0.717) is 6.42 Å². The molecular weight excluding hydrogens is 364 g/mol. The van der Waals surface area contributed by atoms with Crippen molar-refractivity contribution >= 4 is 5.91 Å². The summed E-state index contributed by atoms with van der Waals surface area (Å²) < 4.78 is 5.18. The number of aromatic nitrogens is 3. The van der Waals surface area contributed by atoms with E-state index in [2.05, 4.69) is 27.1 Å². The van der Waals surface area contributed by atoms with E-state index >= 15 is 0 Å². The predicted octanol–water partition coefficient (Wildman–Crippen LogP) is 3.50. The fourth-order valence-corrected chi connectivity index (χ4v) is 3.74. The molecule has 29 heavy (non-hydrogen) atoms. The van der Waals surface area contributed by atoms with E-state index in [1.807, 2.05) is 35.4 Å². The highest BCUT2D eigenvalue weighted by molar-refractivity contribution is 5.79. The Morgan fingerprint density at radius 3 is 2.55 bits per heavy atom. The summed E-state index contributed by atoms with van der Waals surface area (Å²) in [5, 5.41) is 0. The molecule has 0 N–H and O–H groups in total. The highest BCUT2D eigenvalue weighted by Crippen LogP contribution is 2.27. The average Bonchev–Trinajstić information content (AvgIpc) is 2.80. The molecule has 1 amide bonds. The molecule has 6 heteroatoms. The first-order valence-electron chi connectivity index (χ1n) is 9.85. The summed E-state index contributed by atoms with van der Waals surface area (Å²) in [4.78, 5) is 27.6. The number of nitrogens with zero attached hydrogens (tertiary/aromatic N) is 4. The normalized spacial score (nSPS) is 16.4. The first-order chi connectivity index (χ1) is 14.2. The van der Waals surface area contributed by atoms with E-state index in [-0.39, 0.29) is 11.8 Å². The number of hydrogen-bond donors (Lipinski definition) is 0. The maximum atomic E-state index is 12.8. The first kappa shape index (κ1) is 19.1. The number of pyridine rings is 1. The molecule has 3 heterocycles. The van der Waals surface area contributed by atoms with Crippen molar-refractivity contribution in [2.75, 3.05) is 20.2 Å². The van der Waals surface area contributed by atoms with Crippen LogP contribution in [0.3, 0.4) is 0 Å². The molecule has 1 fully saturated rings. The number of piperidine rings is 1. The van der Waals surface area contributed by atoms with Gasteiger partial charge in [-0.05, 0) is 36.6 Å². The Balaban J connectivity index is 1.40. The van der Waals surface area contributed by atoms with E-state index < -0.39 is 0 Å². The Bertz CT molecular complexity index is 943. The van der Waals surface area contributed by atoms with E-state index in [1.54, 1.807) is 19.5 Å². The standard InChI is InChI=1S/C23H24N4O2/c1-29-21-7-4-17(5-8-21)11-23(28)27-10-2-3-19(15-27)22-9-6-18(14-26-22)20-12-24-16-25-13-20/h4-9,12-14,16,19H,2-3,10-11,15H2,1H3/t19-/m0/s1. The van der Waals surface area contributed by atoms with Gasteiger partial charge in [0.2, 0.25) is 5.91 Å². The second-order valence-corrected chi connectivity index (χ2v) is 7.30. The number of likely N-dealkylation sites (tertiary alicyclic amines) is 1. The summed E-state index contributed by atoms with van der Waals surface area (Å²) >= 11 is 0. The van der Waals surface area contributed by atoms with Gasteiger partial charge < -0.3 is 9.64 Å². The molecular formula is C23H24N4O2. The van der Waals surface area contributed by atoms with Gasteiger partial charge in [-0.15, -0.1) is 0 Å². The maximum absolute atomic E-state index is 12.8. The highest BCUT2D eigenvalue weighted by Gasteiger charge is 2.25. The third-order valence-electron chi connectivity index (χ3n) is 5.39. The summed E-state index contributed by atoms with van der Waals surface area (Å²) in [5.41, 5.74) is 3.99. The van der Waals surface area contributed by atoms with Gasteiger partial charge in [-0.25, -0.2) is 9.97 Å². The molecule has 0 aliphatic carbocycles. The molecule has 6 nitrogen and oxygen atoms in total. The number of carbonyl (C=O) groups is 1. The number of amides is 1. The Labute approximate surface area is 170 Å².